The fraction of sp³-hybridized carbons (Fsp3) is 0.294. The molecule has 2 aromatic rings. The van der Waals surface area contributed by atoms with Gasteiger partial charge in [0, 0.05) is 25.7 Å². The second-order valence-corrected chi connectivity index (χ2v) is 5.22. The summed E-state index contributed by atoms with van der Waals surface area (Å²) >= 11 is 0. The highest BCUT2D eigenvalue weighted by molar-refractivity contribution is 5.25. The van der Waals surface area contributed by atoms with Gasteiger partial charge < -0.3 is 4.74 Å². The number of ether oxygens (including phenoxy) is 1. The highest BCUT2D eigenvalue weighted by atomic mass is 16.5. The molecule has 0 spiro atoms. The lowest BCUT2D eigenvalue weighted by atomic mass is 10.2. The van der Waals surface area contributed by atoms with Crippen molar-refractivity contribution < 1.29 is 4.74 Å². The van der Waals surface area contributed by atoms with Crippen LogP contribution in [0.15, 0.2) is 48.5 Å². The van der Waals surface area contributed by atoms with Crippen molar-refractivity contribution >= 4 is 0 Å². The molecule has 1 unspecified atom stereocenters. The molecular formula is C17H17N3O. The first-order chi connectivity index (χ1) is 10.3. The van der Waals surface area contributed by atoms with Gasteiger partial charge in [0.2, 0.25) is 5.88 Å². The second kappa shape index (κ2) is 6.38. The van der Waals surface area contributed by atoms with Crippen LogP contribution in [0.25, 0.3) is 0 Å². The van der Waals surface area contributed by atoms with Crippen LogP contribution in [0.2, 0.25) is 0 Å². The Labute approximate surface area is 124 Å². The topological polar surface area (TPSA) is 49.1 Å². The largest absolute Gasteiger partial charge is 0.473 e. The van der Waals surface area contributed by atoms with Gasteiger partial charge in [0.05, 0.1) is 0 Å². The lowest BCUT2D eigenvalue weighted by Gasteiger charge is -2.16. The zero-order valence-corrected chi connectivity index (χ0v) is 11.8. The summed E-state index contributed by atoms with van der Waals surface area (Å²) in [7, 11) is 0. The van der Waals surface area contributed by atoms with E-state index in [1.165, 1.54) is 5.56 Å². The van der Waals surface area contributed by atoms with Crippen molar-refractivity contribution in [3.05, 3.63) is 59.8 Å². The molecule has 4 nitrogen and oxygen atoms in total. The van der Waals surface area contributed by atoms with Crippen molar-refractivity contribution in [2.24, 2.45) is 0 Å². The highest BCUT2D eigenvalue weighted by Crippen LogP contribution is 2.18. The Morgan fingerprint density at radius 3 is 2.86 bits per heavy atom. The van der Waals surface area contributed by atoms with E-state index in [2.05, 4.69) is 34.1 Å². The number of nitrogens with zero attached hydrogens (tertiary/aromatic N) is 3. The van der Waals surface area contributed by atoms with Crippen LogP contribution in [0.1, 0.15) is 17.7 Å². The summed E-state index contributed by atoms with van der Waals surface area (Å²) in [6.45, 7) is 2.87. The van der Waals surface area contributed by atoms with Crippen LogP contribution in [-0.4, -0.2) is 29.1 Å². The van der Waals surface area contributed by atoms with Gasteiger partial charge in [-0.3, -0.25) is 4.90 Å². The molecule has 0 amide bonds. The summed E-state index contributed by atoms with van der Waals surface area (Å²) in [6.07, 6.45) is 1.14. The van der Waals surface area contributed by atoms with Gasteiger partial charge in [-0.05, 0) is 18.1 Å². The molecule has 1 aromatic carbocycles. The first kappa shape index (κ1) is 13.6. The Morgan fingerprint density at radius 2 is 2.05 bits per heavy atom. The first-order valence-electron chi connectivity index (χ1n) is 7.13. The summed E-state index contributed by atoms with van der Waals surface area (Å²) < 4.78 is 5.88. The van der Waals surface area contributed by atoms with E-state index in [0.29, 0.717) is 11.6 Å². The molecule has 1 saturated heterocycles. The van der Waals surface area contributed by atoms with Crippen molar-refractivity contribution in [1.29, 1.82) is 5.26 Å². The quantitative estimate of drug-likeness (QED) is 0.863. The molecule has 21 heavy (non-hydrogen) atoms. The molecule has 1 atom stereocenters. The zero-order valence-electron chi connectivity index (χ0n) is 11.8. The summed E-state index contributed by atoms with van der Waals surface area (Å²) in [5.41, 5.74) is 1.72. The highest BCUT2D eigenvalue weighted by Gasteiger charge is 2.24. The van der Waals surface area contributed by atoms with Crippen LogP contribution < -0.4 is 4.74 Å². The van der Waals surface area contributed by atoms with Crippen LogP contribution in [0.5, 0.6) is 5.88 Å². The first-order valence-corrected chi connectivity index (χ1v) is 7.13. The van der Waals surface area contributed by atoms with E-state index < -0.39 is 0 Å². The van der Waals surface area contributed by atoms with Crippen LogP contribution in [0.3, 0.4) is 0 Å². The van der Waals surface area contributed by atoms with Crippen LogP contribution in [0.4, 0.5) is 0 Å². The Morgan fingerprint density at radius 1 is 1.19 bits per heavy atom. The van der Waals surface area contributed by atoms with E-state index in [1.54, 1.807) is 18.2 Å². The standard InChI is InChI=1S/C17H17N3O/c18-11-15-7-4-8-17(19-15)21-16-9-10-20(13-16)12-14-5-2-1-3-6-14/h1-8,16H,9-10,12-13H2. The lowest BCUT2D eigenvalue weighted by molar-refractivity contribution is 0.191. The van der Waals surface area contributed by atoms with Crippen molar-refractivity contribution in [2.75, 3.05) is 13.1 Å². The van der Waals surface area contributed by atoms with Gasteiger partial charge in [-0.1, -0.05) is 36.4 Å². The minimum atomic E-state index is 0.148. The minimum Gasteiger partial charge on any atom is -0.473 e. The maximum atomic E-state index is 8.85. The van der Waals surface area contributed by atoms with Gasteiger partial charge in [-0.2, -0.15) is 5.26 Å². The third-order valence-electron chi connectivity index (χ3n) is 3.60. The van der Waals surface area contributed by atoms with Crippen LogP contribution in [0, 0.1) is 11.3 Å². The summed E-state index contributed by atoms with van der Waals surface area (Å²) in [4.78, 5) is 6.54. The van der Waals surface area contributed by atoms with Gasteiger partial charge in [-0.25, -0.2) is 4.98 Å². The van der Waals surface area contributed by atoms with Gasteiger partial charge in [-0.15, -0.1) is 0 Å². The Kier molecular flexibility index (Phi) is 4.13. The molecule has 1 fully saturated rings. The van der Waals surface area contributed by atoms with Gasteiger partial charge in [0.15, 0.2) is 0 Å². The van der Waals surface area contributed by atoms with Crippen molar-refractivity contribution in [2.45, 2.75) is 19.1 Å². The maximum absolute atomic E-state index is 8.85. The average Bonchev–Trinajstić information content (AvgIpc) is 2.95. The lowest BCUT2D eigenvalue weighted by Crippen LogP contribution is -2.24. The zero-order chi connectivity index (χ0) is 14.5. The Bertz CT molecular complexity index is 636. The summed E-state index contributed by atoms with van der Waals surface area (Å²) in [5.74, 6) is 0.542. The Balaban J connectivity index is 1.56. The number of likely N-dealkylation sites (tertiary alicyclic amines) is 1. The van der Waals surface area contributed by atoms with E-state index in [1.807, 2.05) is 12.1 Å². The minimum absolute atomic E-state index is 0.148. The van der Waals surface area contributed by atoms with Crippen LogP contribution >= 0.6 is 0 Å². The van der Waals surface area contributed by atoms with E-state index in [4.69, 9.17) is 10.00 Å². The van der Waals surface area contributed by atoms with Crippen molar-refractivity contribution in [3.8, 4) is 11.9 Å². The number of pyridine rings is 1. The van der Waals surface area contributed by atoms with E-state index in [9.17, 15) is 0 Å². The van der Waals surface area contributed by atoms with Crippen molar-refractivity contribution in [3.63, 3.8) is 0 Å². The number of aromatic nitrogens is 1. The van der Waals surface area contributed by atoms with Crippen LogP contribution in [-0.2, 0) is 6.54 Å². The predicted octanol–water partition coefficient (Wildman–Crippen LogP) is 2.61. The number of nitriles is 1. The normalized spacial score (nSPS) is 18.3. The Hall–Kier alpha value is -2.38. The SMILES string of the molecule is N#Cc1cccc(OC2CCN(Cc3ccccc3)C2)n1. The average molecular weight is 279 g/mol. The number of hydrogen-bond donors (Lipinski definition) is 0. The fourth-order valence-electron chi connectivity index (χ4n) is 2.59. The molecule has 0 aliphatic carbocycles. The summed E-state index contributed by atoms with van der Waals surface area (Å²) in [5, 5.41) is 8.85. The molecule has 1 aliphatic heterocycles. The third-order valence-corrected chi connectivity index (χ3v) is 3.60. The van der Waals surface area contributed by atoms with E-state index >= 15 is 0 Å². The van der Waals surface area contributed by atoms with Gasteiger partial charge in [0.1, 0.15) is 17.9 Å². The van der Waals surface area contributed by atoms with Crippen molar-refractivity contribution in [1.82, 2.24) is 9.88 Å². The van der Waals surface area contributed by atoms with Gasteiger partial charge in [0.25, 0.3) is 0 Å². The fourth-order valence-corrected chi connectivity index (χ4v) is 2.59. The molecule has 1 aromatic heterocycles. The second-order valence-electron chi connectivity index (χ2n) is 5.22. The molecular weight excluding hydrogens is 262 g/mol. The molecule has 1 aliphatic rings. The molecule has 2 heterocycles. The number of benzene rings is 1. The molecule has 3 rings (SSSR count). The summed E-state index contributed by atoms with van der Waals surface area (Å²) in [6, 6.07) is 17.8. The smallest absolute Gasteiger partial charge is 0.214 e. The molecule has 0 N–H and O–H groups in total. The monoisotopic (exact) mass is 279 g/mol. The van der Waals surface area contributed by atoms with E-state index in [0.717, 1.165) is 26.1 Å². The molecule has 4 heteroatoms. The molecule has 106 valence electrons. The third kappa shape index (κ3) is 3.59. The molecule has 0 radical (unpaired) electrons. The van der Waals surface area contributed by atoms with Gasteiger partial charge >= 0.3 is 0 Å². The maximum Gasteiger partial charge on any atom is 0.214 e. The molecule has 0 bridgehead atoms. The molecule has 0 saturated carbocycles. The van der Waals surface area contributed by atoms with E-state index in [-0.39, 0.29) is 6.10 Å². The predicted molar refractivity (Wildman–Crippen MR) is 79.7 cm³/mol. The number of rotatable bonds is 4. The number of hydrogen-bond acceptors (Lipinski definition) is 4.